The van der Waals surface area contributed by atoms with E-state index in [0.717, 1.165) is 5.56 Å². The van der Waals surface area contributed by atoms with Crippen molar-refractivity contribution in [2.75, 3.05) is 0 Å². The zero-order chi connectivity index (χ0) is 10.1. The Balaban J connectivity index is 2.47. The largest absolute Gasteiger partial charge is 0.144 e. The maximum Gasteiger partial charge on any atom is 0.0598 e. The zero-order valence-corrected chi connectivity index (χ0v) is 9.88. The van der Waals surface area contributed by atoms with Crippen LogP contribution in [0.3, 0.4) is 0 Å². The molecular formula is C11H8Cl2S. The van der Waals surface area contributed by atoms with Gasteiger partial charge < -0.3 is 0 Å². The smallest absolute Gasteiger partial charge is 0.0598 e. The summed E-state index contributed by atoms with van der Waals surface area (Å²) < 4.78 is 0. The Morgan fingerprint density at radius 1 is 1.07 bits per heavy atom. The highest BCUT2D eigenvalue weighted by molar-refractivity contribution is 7.13. The lowest BCUT2D eigenvalue weighted by atomic mass is 10.2. The van der Waals surface area contributed by atoms with Crippen molar-refractivity contribution in [3.63, 3.8) is 0 Å². The summed E-state index contributed by atoms with van der Waals surface area (Å²) in [7, 11) is 0. The fraction of sp³-hybridized carbons (Fsp3) is 0.0909. The third-order valence-electron chi connectivity index (χ3n) is 1.93. The normalized spacial score (nSPS) is 10.5. The molecule has 0 fully saturated rings. The Morgan fingerprint density at radius 3 is 2.43 bits per heavy atom. The molecule has 0 saturated heterocycles. The first-order valence-corrected chi connectivity index (χ1v) is 5.81. The molecule has 1 aromatic carbocycles. The van der Waals surface area contributed by atoms with Gasteiger partial charge in [-0.3, -0.25) is 0 Å². The summed E-state index contributed by atoms with van der Waals surface area (Å²) in [6, 6.07) is 7.85. The van der Waals surface area contributed by atoms with Crippen molar-refractivity contribution in [2.24, 2.45) is 0 Å². The highest BCUT2D eigenvalue weighted by atomic mass is 35.5. The standard InChI is InChI=1S/C11H8Cl2S/c1-7-4-11(14-6-7)8-2-3-9(12)10(13)5-8/h2-6H,1H3. The lowest BCUT2D eigenvalue weighted by Crippen LogP contribution is -1.73. The molecule has 0 radical (unpaired) electrons. The maximum atomic E-state index is 5.94. The van der Waals surface area contributed by atoms with E-state index in [1.807, 2.05) is 18.2 Å². The number of benzene rings is 1. The molecule has 0 aliphatic heterocycles. The first kappa shape index (κ1) is 10.0. The summed E-state index contributed by atoms with van der Waals surface area (Å²) >= 11 is 13.5. The first-order valence-electron chi connectivity index (χ1n) is 4.17. The van der Waals surface area contributed by atoms with Crippen LogP contribution in [-0.2, 0) is 0 Å². The SMILES string of the molecule is Cc1csc(-c2ccc(Cl)c(Cl)c2)c1. The van der Waals surface area contributed by atoms with Crippen LogP contribution in [0.5, 0.6) is 0 Å². The van der Waals surface area contributed by atoms with Gasteiger partial charge in [0.2, 0.25) is 0 Å². The van der Waals surface area contributed by atoms with Crippen LogP contribution < -0.4 is 0 Å². The van der Waals surface area contributed by atoms with Gasteiger partial charge in [0.05, 0.1) is 10.0 Å². The fourth-order valence-corrected chi connectivity index (χ4v) is 2.43. The van der Waals surface area contributed by atoms with Crippen molar-refractivity contribution in [2.45, 2.75) is 6.92 Å². The summed E-state index contributed by atoms with van der Waals surface area (Å²) in [6.45, 7) is 2.08. The maximum absolute atomic E-state index is 5.94. The predicted molar refractivity (Wildman–Crippen MR) is 64.5 cm³/mol. The van der Waals surface area contributed by atoms with E-state index in [1.54, 1.807) is 11.3 Å². The van der Waals surface area contributed by atoms with E-state index < -0.39 is 0 Å². The summed E-state index contributed by atoms with van der Waals surface area (Å²) in [5, 5.41) is 3.33. The summed E-state index contributed by atoms with van der Waals surface area (Å²) in [4.78, 5) is 1.22. The second-order valence-corrected chi connectivity index (χ2v) is 4.84. The van der Waals surface area contributed by atoms with E-state index in [2.05, 4.69) is 18.4 Å². The Kier molecular flexibility index (Phi) is 2.82. The monoisotopic (exact) mass is 242 g/mol. The van der Waals surface area contributed by atoms with Crippen LogP contribution >= 0.6 is 34.5 Å². The van der Waals surface area contributed by atoms with Gasteiger partial charge in [0.1, 0.15) is 0 Å². The molecule has 0 N–H and O–H groups in total. The lowest BCUT2D eigenvalue weighted by Gasteiger charge is -1.99. The van der Waals surface area contributed by atoms with E-state index in [-0.39, 0.29) is 0 Å². The molecule has 0 bridgehead atoms. The molecule has 0 aliphatic carbocycles. The topological polar surface area (TPSA) is 0 Å². The first-order chi connectivity index (χ1) is 6.66. The van der Waals surface area contributed by atoms with Gasteiger partial charge in [-0.25, -0.2) is 0 Å². The van der Waals surface area contributed by atoms with Gasteiger partial charge in [0.15, 0.2) is 0 Å². The van der Waals surface area contributed by atoms with E-state index in [1.165, 1.54) is 10.4 Å². The molecule has 0 saturated carbocycles. The van der Waals surface area contributed by atoms with Crippen LogP contribution in [0.2, 0.25) is 10.0 Å². The minimum Gasteiger partial charge on any atom is -0.144 e. The summed E-state index contributed by atoms with van der Waals surface area (Å²) in [5.74, 6) is 0. The number of hydrogen-bond donors (Lipinski definition) is 0. The molecule has 0 amide bonds. The number of aryl methyl sites for hydroxylation is 1. The third-order valence-corrected chi connectivity index (χ3v) is 3.77. The number of rotatable bonds is 1. The van der Waals surface area contributed by atoms with E-state index in [0.29, 0.717) is 10.0 Å². The molecule has 0 spiro atoms. The molecule has 1 aromatic heterocycles. The summed E-state index contributed by atoms with van der Waals surface area (Å²) in [5.41, 5.74) is 2.40. The van der Waals surface area contributed by atoms with Crippen molar-refractivity contribution >= 4 is 34.5 Å². The lowest BCUT2D eigenvalue weighted by molar-refractivity contribution is 1.55. The molecule has 2 rings (SSSR count). The predicted octanol–water partition coefficient (Wildman–Crippen LogP) is 5.03. The highest BCUT2D eigenvalue weighted by Gasteiger charge is 2.03. The molecule has 72 valence electrons. The molecule has 3 heteroatoms. The molecule has 0 aliphatic rings. The number of thiophene rings is 1. The molecule has 0 nitrogen and oxygen atoms in total. The molecule has 14 heavy (non-hydrogen) atoms. The van der Waals surface area contributed by atoms with Crippen LogP contribution in [0.25, 0.3) is 10.4 Å². The molecular weight excluding hydrogens is 235 g/mol. The van der Waals surface area contributed by atoms with Crippen molar-refractivity contribution in [1.82, 2.24) is 0 Å². The summed E-state index contributed by atoms with van der Waals surface area (Å²) in [6.07, 6.45) is 0. The van der Waals surface area contributed by atoms with Crippen LogP contribution in [0.15, 0.2) is 29.6 Å². The van der Waals surface area contributed by atoms with Crippen molar-refractivity contribution in [1.29, 1.82) is 0 Å². The van der Waals surface area contributed by atoms with E-state index in [4.69, 9.17) is 23.2 Å². The molecule has 2 aromatic rings. The minimum atomic E-state index is 0.601. The minimum absolute atomic E-state index is 0.601. The van der Waals surface area contributed by atoms with Crippen molar-refractivity contribution < 1.29 is 0 Å². The average Bonchev–Trinajstić information content (AvgIpc) is 2.57. The second-order valence-electron chi connectivity index (χ2n) is 3.12. The van der Waals surface area contributed by atoms with Crippen molar-refractivity contribution in [3.05, 3.63) is 45.3 Å². The van der Waals surface area contributed by atoms with Crippen LogP contribution in [0.4, 0.5) is 0 Å². The third kappa shape index (κ3) is 1.95. The molecule has 0 atom stereocenters. The van der Waals surface area contributed by atoms with Gasteiger partial charge >= 0.3 is 0 Å². The Bertz CT molecular complexity index is 460. The van der Waals surface area contributed by atoms with Gasteiger partial charge in [0.25, 0.3) is 0 Å². The number of hydrogen-bond acceptors (Lipinski definition) is 1. The molecule has 1 heterocycles. The van der Waals surface area contributed by atoms with Gasteiger partial charge in [-0.05, 0) is 41.6 Å². The van der Waals surface area contributed by atoms with Crippen LogP contribution in [-0.4, -0.2) is 0 Å². The second kappa shape index (κ2) is 3.93. The van der Waals surface area contributed by atoms with Gasteiger partial charge in [-0.1, -0.05) is 29.3 Å². The Labute approximate surface area is 97.1 Å². The highest BCUT2D eigenvalue weighted by Crippen LogP contribution is 2.31. The van der Waals surface area contributed by atoms with Crippen LogP contribution in [0, 0.1) is 6.92 Å². The number of halogens is 2. The Hall–Kier alpha value is -0.500. The van der Waals surface area contributed by atoms with Gasteiger partial charge in [-0.2, -0.15) is 0 Å². The van der Waals surface area contributed by atoms with E-state index in [9.17, 15) is 0 Å². The average molecular weight is 243 g/mol. The van der Waals surface area contributed by atoms with Gasteiger partial charge in [0, 0.05) is 4.88 Å². The van der Waals surface area contributed by atoms with Gasteiger partial charge in [-0.15, -0.1) is 11.3 Å². The molecule has 0 unspecified atom stereocenters. The van der Waals surface area contributed by atoms with Crippen LogP contribution in [0.1, 0.15) is 5.56 Å². The zero-order valence-electron chi connectivity index (χ0n) is 7.55. The van der Waals surface area contributed by atoms with Crippen molar-refractivity contribution in [3.8, 4) is 10.4 Å². The van der Waals surface area contributed by atoms with E-state index >= 15 is 0 Å². The Morgan fingerprint density at radius 2 is 1.86 bits per heavy atom. The fourth-order valence-electron chi connectivity index (χ4n) is 1.23. The quantitative estimate of drug-likeness (QED) is 0.658.